The van der Waals surface area contributed by atoms with Gasteiger partial charge in [-0.1, -0.05) is 0 Å². The van der Waals surface area contributed by atoms with Gasteiger partial charge in [0, 0.05) is 18.4 Å². The van der Waals surface area contributed by atoms with Gasteiger partial charge < -0.3 is 20.7 Å². The van der Waals surface area contributed by atoms with Crippen molar-refractivity contribution in [1.29, 1.82) is 0 Å². The molecule has 0 aliphatic heterocycles. The van der Waals surface area contributed by atoms with Crippen LogP contribution in [0.1, 0.15) is 12.7 Å². The van der Waals surface area contributed by atoms with E-state index in [-0.39, 0.29) is 6.61 Å². The average Bonchev–Trinajstić information content (AvgIpc) is 2.32. The Labute approximate surface area is 104 Å². The van der Waals surface area contributed by atoms with Crippen LogP contribution < -0.4 is 5.73 Å². The van der Waals surface area contributed by atoms with E-state index >= 15 is 0 Å². The lowest BCUT2D eigenvalue weighted by Gasteiger charge is -2.08. The Morgan fingerprint density at radius 1 is 1.53 bits per heavy atom. The van der Waals surface area contributed by atoms with E-state index in [9.17, 15) is 5.11 Å². The van der Waals surface area contributed by atoms with Crippen LogP contribution in [0, 0.1) is 0 Å². The first-order valence-electron chi connectivity index (χ1n) is 5.28. The fourth-order valence-corrected chi connectivity index (χ4v) is 1.90. The van der Waals surface area contributed by atoms with Crippen molar-refractivity contribution >= 4 is 17.6 Å². The fraction of sp³-hybridized carbons (Fsp3) is 0.600. The maximum atomic E-state index is 9.23. The molecule has 1 aromatic heterocycles. The van der Waals surface area contributed by atoms with Crippen LogP contribution in [-0.4, -0.2) is 45.3 Å². The predicted molar refractivity (Wildman–Crippen MR) is 65.6 cm³/mol. The molecule has 0 saturated heterocycles. The molecule has 1 aromatic rings. The summed E-state index contributed by atoms with van der Waals surface area (Å²) in [6, 6.07) is 1.63. The zero-order chi connectivity index (χ0) is 12.7. The Hall–Kier alpha value is -0.890. The van der Waals surface area contributed by atoms with Crippen molar-refractivity contribution in [2.45, 2.75) is 24.7 Å². The van der Waals surface area contributed by atoms with E-state index < -0.39 is 6.10 Å². The van der Waals surface area contributed by atoms with Gasteiger partial charge in [-0.25, -0.2) is 9.97 Å². The third-order valence-electron chi connectivity index (χ3n) is 1.84. The lowest BCUT2D eigenvalue weighted by atomic mass is 10.4. The van der Waals surface area contributed by atoms with Crippen molar-refractivity contribution < 1.29 is 14.9 Å². The van der Waals surface area contributed by atoms with Gasteiger partial charge in [-0.15, -0.1) is 11.8 Å². The number of aliphatic hydroxyl groups is 2. The van der Waals surface area contributed by atoms with Gasteiger partial charge in [0.2, 0.25) is 0 Å². The summed E-state index contributed by atoms with van der Waals surface area (Å²) in [5, 5.41) is 18.6. The quantitative estimate of drug-likeness (QED) is 0.469. The lowest BCUT2D eigenvalue weighted by molar-refractivity contribution is 0.113. The molecule has 7 heteroatoms. The van der Waals surface area contributed by atoms with E-state index in [1.165, 1.54) is 11.8 Å². The number of nitrogens with two attached hydrogens (primary N) is 1. The number of ether oxygens (including phenoxy) is 1. The Bertz CT molecular complexity index is 352. The minimum Gasteiger partial charge on any atom is -0.394 e. The summed E-state index contributed by atoms with van der Waals surface area (Å²) < 4.78 is 5.20. The third-order valence-corrected chi connectivity index (χ3v) is 2.89. The number of anilines is 1. The molecular formula is C10H17N3O3S. The number of nitrogen functional groups attached to an aromatic ring is 1. The number of aromatic nitrogens is 2. The molecule has 0 spiro atoms. The summed E-state index contributed by atoms with van der Waals surface area (Å²) >= 11 is 1.32. The van der Waals surface area contributed by atoms with Crippen LogP contribution in [0.4, 0.5) is 5.82 Å². The van der Waals surface area contributed by atoms with Gasteiger partial charge >= 0.3 is 0 Å². The standard InChI is InChI=1S/C10H17N3O3S/c1-2-16-5-9-12-8(11)3-10(13-9)17-6-7(15)4-14/h3,7,14-15H,2,4-6H2,1H3,(H2,11,12,13). The fourth-order valence-electron chi connectivity index (χ4n) is 1.06. The summed E-state index contributed by atoms with van der Waals surface area (Å²) in [5.41, 5.74) is 5.64. The average molecular weight is 259 g/mol. The van der Waals surface area contributed by atoms with Crippen LogP contribution in [0.25, 0.3) is 0 Å². The molecule has 6 nitrogen and oxygen atoms in total. The molecule has 1 heterocycles. The SMILES string of the molecule is CCOCc1nc(N)cc(SCC(O)CO)n1. The van der Waals surface area contributed by atoms with E-state index in [0.29, 0.717) is 35.6 Å². The van der Waals surface area contributed by atoms with Crippen molar-refractivity contribution in [3.63, 3.8) is 0 Å². The second-order valence-corrected chi connectivity index (χ2v) is 4.37. The molecule has 1 atom stereocenters. The maximum Gasteiger partial charge on any atom is 0.157 e. The number of nitrogens with zero attached hydrogens (tertiary/aromatic N) is 2. The Morgan fingerprint density at radius 3 is 2.94 bits per heavy atom. The summed E-state index contributed by atoms with van der Waals surface area (Å²) in [7, 11) is 0. The van der Waals surface area contributed by atoms with Crippen LogP contribution in [0.2, 0.25) is 0 Å². The molecule has 0 aliphatic rings. The predicted octanol–water partition coefficient (Wildman–Crippen LogP) is 0.0406. The van der Waals surface area contributed by atoms with Crippen LogP contribution in [0.5, 0.6) is 0 Å². The largest absolute Gasteiger partial charge is 0.394 e. The molecule has 17 heavy (non-hydrogen) atoms. The number of aliphatic hydroxyl groups excluding tert-OH is 2. The monoisotopic (exact) mass is 259 g/mol. The smallest absolute Gasteiger partial charge is 0.157 e. The summed E-state index contributed by atoms with van der Waals surface area (Å²) in [6.45, 7) is 2.53. The van der Waals surface area contributed by atoms with Crippen LogP contribution in [-0.2, 0) is 11.3 Å². The molecule has 1 unspecified atom stereocenters. The first-order valence-corrected chi connectivity index (χ1v) is 6.27. The van der Waals surface area contributed by atoms with E-state index in [1.54, 1.807) is 6.07 Å². The topological polar surface area (TPSA) is 101 Å². The highest BCUT2D eigenvalue weighted by Gasteiger charge is 2.07. The van der Waals surface area contributed by atoms with Gasteiger partial charge in [0.15, 0.2) is 5.82 Å². The molecular weight excluding hydrogens is 242 g/mol. The molecule has 1 rings (SSSR count). The van der Waals surface area contributed by atoms with Crippen LogP contribution in [0.15, 0.2) is 11.1 Å². The first-order chi connectivity index (χ1) is 8.15. The van der Waals surface area contributed by atoms with E-state index in [2.05, 4.69) is 9.97 Å². The number of thioether (sulfide) groups is 1. The number of hydrogen-bond acceptors (Lipinski definition) is 7. The zero-order valence-electron chi connectivity index (χ0n) is 9.67. The van der Waals surface area contributed by atoms with E-state index in [1.807, 2.05) is 6.92 Å². The summed E-state index contributed by atoms with van der Waals surface area (Å²) in [6.07, 6.45) is -0.758. The third kappa shape index (κ3) is 5.31. The van der Waals surface area contributed by atoms with Gasteiger partial charge in [-0.05, 0) is 6.92 Å². The van der Waals surface area contributed by atoms with Crippen molar-refractivity contribution in [3.05, 3.63) is 11.9 Å². The highest BCUT2D eigenvalue weighted by molar-refractivity contribution is 7.99. The second-order valence-electron chi connectivity index (χ2n) is 3.33. The normalized spacial score (nSPS) is 12.6. The second kappa shape index (κ2) is 7.44. The van der Waals surface area contributed by atoms with E-state index in [4.69, 9.17) is 15.6 Å². The minimum atomic E-state index is -0.758. The highest BCUT2D eigenvalue weighted by Crippen LogP contribution is 2.18. The van der Waals surface area contributed by atoms with Crippen molar-refractivity contribution in [3.8, 4) is 0 Å². The molecule has 0 bridgehead atoms. The van der Waals surface area contributed by atoms with Gasteiger partial charge in [0.05, 0.1) is 12.7 Å². The maximum absolute atomic E-state index is 9.23. The van der Waals surface area contributed by atoms with Gasteiger partial charge in [-0.3, -0.25) is 0 Å². The zero-order valence-corrected chi connectivity index (χ0v) is 10.5. The van der Waals surface area contributed by atoms with E-state index in [0.717, 1.165) is 0 Å². The Kier molecular flexibility index (Phi) is 6.20. The molecule has 0 radical (unpaired) electrons. The lowest BCUT2D eigenvalue weighted by Crippen LogP contribution is -2.15. The van der Waals surface area contributed by atoms with Crippen molar-refractivity contribution in [1.82, 2.24) is 9.97 Å². The molecule has 4 N–H and O–H groups in total. The van der Waals surface area contributed by atoms with Crippen molar-refractivity contribution in [2.75, 3.05) is 24.7 Å². The van der Waals surface area contributed by atoms with Gasteiger partial charge in [0.1, 0.15) is 17.5 Å². The number of rotatable bonds is 7. The number of hydrogen-bond donors (Lipinski definition) is 3. The van der Waals surface area contributed by atoms with Crippen molar-refractivity contribution in [2.24, 2.45) is 0 Å². The summed E-state index contributed by atoms with van der Waals surface area (Å²) in [4.78, 5) is 8.27. The first kappa shape index (κ1) is 14.2. The molecule has 0 aliphatic carbocycles. The van der Waals surface area contributed by atoms with Gasteiger partial charge in [0.25, 0.3) is 0 Å². The minimum absolute atomic E-state index is 0.265. The van der Waals surface area contributed by atoms with Crippen LogP contribution >= 0.6 is 11.8 Å². The molecule has 0 saturated carbocycles. The molecule has 96 valence electrons. The Balaban J connectivity index is 2.61. The Morgan fingerprint density at radius 2 is 2.29 bits per heavy atom. The summed E-state index contributed by atoms with van der Waals surface area (Å²) in [5.74, 6) is 1.25. The van der Waals surface area contributed by atoms with Crippen LogP contribution in [0.3, 0.4) is 0 Å². The molecule has 0 amide bonds. The molecule has 0 aromatic carbocycles. The van der Waals surface area contributed by atoms with Gasteiger partial charge in [-0.2, -0.15) is 0 Å². The highest BCUT2D eigenvalue weighted by atomic mass is 32.2. The molecule has 0 fully saturated rings.